The van der Waals surface area contributed by atoms with E-state index in [1.54, 1.807) is 18.9 Å². The minimum absolute atomic E-state index is 0.0715. The molecule has 3 heterocycles. The van der Waals surface area contributed by atoms with Crippen molar-refractivity contribution in [3.8, 4) is 0 Å². The molecular weight excluding hydrogens is 527 g/mol. The van der Waals surface area contributed by atoms with Gasteiger partial charge in [0.1, 0.15) is 5.82 Å². The summed E-state index contributed by atoms with van der Waals surface area (Å²) in [7, 11) is 1.65. The van der Waals surface area contributed by atoms with Gasteiger partial charge < -0.3 is 29.5 Å². The molecule has 40 heavy (non-hydrogen) atoms. The summed E-state index contributed by atoms with van der Waals surface area (Å²) < 4.78 is 50.4. The molecule has 2 aliphatic heterocycles. The number of alkyl halides is 3. The topological polar surface area (TPSA) is 87.2 Å². The molecule has 4 rings (SSSR count). The molecule has 9 nitrogen and oxygen atoms in total. The van der Waals surface area contributed by atoms with E-state index in [2.05, 4.69) is 24.1 Å². The minimum atomic E-state index is -4.42. The second-order valence-electron chi connectivity index (χ2n) is 11.4. The van der Waals surface area contributed by atoms with Crippen LogP contribution in [-0.2, 0) is 20.4 Å². The summed E-state index contributed by atoms with van der Waals surface area (Å²) in [5.74, 6) is 0.551. The van der Waals surface area contributed by atoms with Gasteiger partial charge in [-0.2, -0.15) is 13.2 Å². The van der Waals surface area contributed by atoms with Crippen LogP contribution in [0.15, 0.2) is 18.3 Å². The fourth-order valence-corrected chi connectivity index (χ4v) is 6.43. The number of hydrogen-bond donors (Lipinski definition) is 1. The first-order valence-corrected chi connectivity index (χ1v) is 14.3. The third kappa shape index (κ3) is 6.48. The monoisotopic (exact) mass is 569 g/mol. The standard InChI is InChI=1S/C28H42F3N5O4/c1-5-40-26(38)36-11-8-22(23(18-36)39-4)33-21-6-9-27(17-21,19(2)3)25(37)35-14-12-34(13-15-35)24-16-20(7-10-32-24)28(29,30)31/h7,10,16,19,21-23,33H,5-6,8-9,11-15,17-18H2,1-4H3/t21-,22?,23?,27+/m1/s1. The number of anilines is 1. The average molecular weight is 570 g/mol. The van der Waals surface area contributed by atoms with Crippen molar-refractivity contribution in [3.05, 3.63) is 23.9 Å². The van der Waals surface area contributed by atoms with Crippen LogP contribution in [-0.4, -0.2) is 98.0 Å². The van der Waals surface area contributed by atoms with Crippen LogP contribution < -0.4 is 10.2 Å². The predicted molar refractivity (Wildman–Crippen MR) is 144 cm³/mol. The summed E-state index contributed by atoms with van der Waals surface area (Å²) in [6.45, 7) is 9.12. The lowest BCUT2D eigenvalue weighted by Crippen LogP contribution is -2.57. The number of amides is 2. The van der Waals surface area contributed by atoms with Gasteiger partial charge in [0.2, 0.25) is 5.91 Å². The molecule has 3 fully saturated rings. The minimum Gasteiger partial charge on any atom is -0.450 e. The van der Waals surface area contributed by atoms with E-state index < -0.39 is 17.2 Å². The maximum absolute atomic E-state index is 14.0. The number of piperidine rings is 1. The molecule has 0 spiro atoms. The molecule has 2 saturated heterocycles. The zero-order chi connectivity index (χ0) is 29.1. The molecule has 1 N–H and O–H groups in total. The van der Waals surface area contributed by atoms with E-state index in [1.807, 2.05) is 9.80 Å². The van der Waals surface area contributed by atoms with Gasteiger partial charge in [-0.1, -0.05) is 13.8 Å². The Labute approximate surface area is 234 Å². The van der Waals surface area contributed by atoms with E-state index in [4.69, 9.17) is 9.47 Å². The number of methoxy groups -OCH3 is 1. The first-order chi connectivity index (χ1) is 19.0. The molecule has 1 aliphatic carbocycles. The van der Waals surface area contributed by atoms with E-state index in [9.17, 15) is 22.8 Å². The number of carbonyl (C=O) groups is 2. The Hall–Kier alpha value is -2.60. The summed E-state index contributed by atoms with van der Waals surface area (Å²) in [4.78, 5) is 35.7. The van der Waals surface area contributed by atoms with Crippen molar-refractivity contribution in [2.75, 3.05) is 57.9 Å². The number of piperazine rings is 1. The Bertz CT molecular complexity index is 1030. The lowest BCUT2D eigenvalue weighted by atomic mass is 9.74. The van der Waals surface area contributed by atoms with Crippen LogP contribution in [0.3, 0.4) is 0 Å². The van der Waals surface area contributed by atoms with Gasteiger partial charge in [-0.25, -0.2) is 9.78 Å². The van der Waals surface area contributed by atoms with Crippen molar-refractivity contribution in [1.29, 1.82) is 0 Å². The van der Waals surface area contributed by atoms with Crippen molar-refractivity contribution in [2.45, 2.75) is 70.8 Å². The third-order valence-corrected chi connectivity index (χ3v) is 8.88. The van der Waals surface area contributed by atoms with Crippen LogP contribution in [0.2, 0.25) is 0 Å². The Balaban J connectivity index is 1.35. The molecule has 1 aromatic heterocycles. The Morgan fingerprint density at radius 1 is 1.15 bits per heavy atom. The van der Waals surface area contributed by atoms with E-state index >= 15 is 0 Å². The SMILES string of the molecule is CCOC(=O)N1CCC(N[C@@H]2CC[C@@](C(=O)N3CCN(c4cc(C(F)(F)F)ccn4)CC3)(C(C)C)C2)C(OC)C1. The average Bonchev–Trinajstić information content (AvgIpc) is 3.38. The molecule has 224 valence electrons. The highest BCUT2D eigenvalue weighted by Crippen LogP contribution is 2.46. The number of nitrogens with one attached hydrogen (secondary N) is 1. The summed E-state index contributed by atoms with van der Waals surface area (Å²) in [5.41, 5.74) is -1.22. The quantitative estimate of drug-likeness (QED) is 0.535. The van der Waals surface area contributed by atoms with Gasteiger partial charge in [-0.15, -0.1) is 0 Å². The summed E-state index contributed by atoms with van der Waals surface area (Å²) in [5, 5.41) is 3.74. The maximum Gasteiger partial charge on any atom is 0.416 e. The Morgan fingerprint density at radius 3 is 2.50 bits per heavy atom. The number of aromatic nitrogens is 1. The van der Waals surface area contributed by atoms with Crippen LogP contribution in [0, 0.1) is 11.3 Å². The number of halogens is 3. The molecule has 0 bridgehead atoms. The molecule has 2 unspecified atom stereocenters. The number of pyridine rings is 1. The third-order valence-electron chi connectivity index (χ3n) is 8.88. The van der Waals surface area contributed by atoms with Crippen LogP contribution in [0.4, 0.5) is 23.8 Å². The van der Waals surface area contributed by atoms with Gasteiger partial charge in [-0.05, 0) is 50.7 Å². The number of rotatable bonds is 7. The van der Waals surface area contributed by atoms with E-state index in [0.717, 1.165) is 31.4 Å². The molecule has 12 heteroatoms. The largest absolute Gasteiger partial charge is 0.450 e. The van der Waals surface area contributed by atoms with Gasteiger partial charge in [0.15, 0.2) is 0 Å². The fraction of sp³-hybridized carbons (Fsp3) is 0.750. The van der Waals surface area contributed by atoms with E-state index in [0.29, 0.717) is 52.3 Å². The zero-order valence-corrected chi connectivity index (χ0v) is 23.9. The van der Waals surface area contributed by atoms with E-state index in [-0.39, 0.29) is 41.9 Å². The summed E-state index contributed by atoms with van der Waals surface area (Å²) in [6, 6.07) is 2.27. The van der Waals surface area contributed by atoms with Gasteiger partial charge in [-0.3, -0.25) is 4.79 Å². The molecule has 0 aromatic carbocycles. The summed E-state index contributed by atoms with van der Waals surface area (Å²) >= 11 is 0. The van der Waals surface area contributed by atoms with Gasteiger partial charge in [0.25, 0.3) is 0 Å². The zero-order valence-electron chi connectivity index (χ0n) is 23.9. The number of nitrogens with zero attached hydrogens (tertiary/aromatic N) is 4. The van der Waals surface area contributed by atoms with Crippen molar-refractivity contribution in [1.82, 2.24) is 20.1 Å². The van der Waals surface area contributed by atoms with Gasteiger partial charge in [0.05, 0.1) is 30.2 Å². The van der Waals surface area contributed by atoms with Crippen molar-refractivity contribution in [3.63, 3.8) is 0 Å². The maximum atomic E-state index is 14.0. The van der Waals surface area contributed by atoms with Gasteiger partial charge in [0, 0.05) is 58.1 Å². The molecule has 1 saturated carbocycles. The summed E-state index contributed by atoms with van der Waals surface area (Å²) in [6.07, 6.45) is -0.632. The first kappa shape index (κ1) is 30.4. The highest BCUT2D eigenvalue weighted by molar-refractivity contribution is 5.84. The highest BCUT2D eigenvalue weighted by Gasteiger charge is 2.50. The molecule has 1 aromatic rings. The first-order valence-electron chi connectivity index (χ1n) is 14.3. The second kappa shape index (κ2) is 12.5. The van der Waals surface area contributed by atoms with Crippen molar-refractivity contribution >= 4 is 17.8 Å². The number of carbonyl (C=O) groups excluding carboxylic acids is 2. The smallest absolute Gasteiger partial charge is 0.416 e. The number of likely N-dealkylation sites (tertiary alicyclic amines) is 1. The Kier molecular flexibility index (Phi) is 9.49. The Morgan fingerprint density at radius 2 is 1.88 bits per heavy atom. The van der Waals surface area contributed by atoms with Gasteiger partial charge >= 0.3 is 12.3 Å². The van der Waals surface area contributed by atoms with Crippen LogP contribution in [0.1, 0.15) is 52.0 Å². The van der Waals surface area contributed by atoms with E-state index in [1.165, 1.54) is 6.20 Å². The lowest BCUT2D eigenvalue weighted by molar-refractivity contribution is -0.145. The normalized spacial score (nSPS) is 27.8. The molecular formula is C28H42F3N5O4. The second-order valence-corrected chi connectivity index (χ2v) is 11.4. The molecule has 2 amide bonds. The van der Waals surface area contributed by atoms with Crippen molar-refractivity contribution in [2.24, 2.45) is 11.3 Å². The molecule has 3 aliphatic rings. The highest BCUT2D eigenvalue weighted by atomic mass is 19.4. The van der Waals surface area contributed by atoms with Crippen LogP contribution >= 0.6 is 0 Å². The lowest BCUT2D eigenvalue weighted by Gasteiger charge is -2.42. The number of ether oxygens (including phenoxy) is 2. The fourth-order valence-electron chi connectivity index (χ4n) is 6.43. The van der Waals surface area contributed by atoms with Crippen molar-refractivity contribution < 1.29 is 32.2 Å². The number of hydrogen-bond acceptors (Lipinski definition) is 7. The molecule has 0 radical (unpaired) electrons. The predicted octanol–water partition coefficient (Wildman–Crippen LogP) is 3.78. The molecule has 4 atom stereocenters. The van der Waals surface area contributed by atoms with Crippen LogP contribution in [0.5, 0.6) is 0 Å². The van der Waals surface area contributed by atoms with Crippen LogP contribution in [0.25, 0.3) is 0 Å².